The van der Waals surface area contributed by atoms with Crippen molar-refractivity contribution in [1.82, 2.24) is 15.2 Å². The quantitative estimate of drug-likeness (QED) is 0.645. The van der Waals surface area contributed by atoms with E-state index in [0.29, 0.717) is 11.0 Å². The van der Waals surface area contributed by atoms with Gasteiger partial charge in [0.05, 0.1) is 5.75 Å². The predicted octanol–water partition coefficient (Wildman–Crippen LogP) is 2.25. The molecule has 0 aliphatic carbocycles. The first-order chi connectivity index (χ1) is 8.16. The highest BCUT2D eigenvalue weighted by Gasteiger charge is 2.09. The molecular formula is C10H8IN3O2S. The number of hydrogen-bond donors (Lipinski definition) is 2. The van der Waals surface area contributed by atoms with Gasteiger partial charge in [-0.15, -0.1) is 5.10 Å². The van der Waals surface area contributed by atoms with Gasteiger partial charge in [-0.1, -0.05) is 30.0 Å². The van der Waals surface area contributed by atoms with E-state index in [9.17, 15) is 4.79 Å². The molecule has 0 saturated heterocycles. The van der Waals surface area contributed by atoms with Crippen LogP contribution in [0.1, 0.15) is 0 Å². The summed E-state index contributed by atoms with van der Waals surface area (Å²) in [6.07, 6.45) is 0. The van der Waals surface area contributed by atoms with Gasteiger partial charge in [0.15, 0.2) is 5.82 Å². The number of rotatable bonds is 4. The highest BCUT2D eigenvalue weighted by atomic mass is 127. The molecule has 0 spiro atoms. The van der Waals surface area contributed by atoms with Crippen molar-refractivity contribution in [3.05, 3.63) is 27.8 Å². The highest BCUT2D eigenvalue weighted by Crippen LogP contribution is 2.23. The van der Waals surface area contributed by atoms with Crippen molar-refractivity contribution in [2.24, 2.45) is 0 Å². The van der Waals surface area contributed by atoms with Gasteiger partial charge in [0.1, 0.15) is 0 Å². The number of hydrogen-bond acceptors (Lipinski definition) is 4. The number of halogens is 1. The summed E-state index contributed by atoms with van der Waals surface area (Å²) >= 11 is 3.31. The van der Waals surface area contributed by atoms with Crippen molar-refractivity contribution in [2.75, 3.05) is 5.75 Å². The largest absolute Gasteiger partial charge is 0.481 e. The normalized spacial score (nSPS) is 10.4. The van der Waals surface area contributed by atoms with E-state index in [1.807, 2.05) is 24.3 Å². The topological polar surface area (TPSA) is 78.9 Å². The standard InChI is InChI=1S/C10H8IN3O2S/c11-7-4-2-1-3-6(7)9-12-10(14-13-9)17-5-8(15)16/h1-4H,5H2,(H,15,16)(H,12,13,14). The smallest absolute Gasteiger partial charge is 0.313 e. The van der Waals surface area contributed by atoms with Gasteiger partial charge in [0.2, 0.25) is 5.16 Å². The Kier molecular flexibility index (Phi) is 4.00. The van der Waals surface area contributed by atoms with Crippen LogP contribution in [0.3, 0.4) is 0 Å². The minimum Gasteiger partial charge on any atom is -0.481 e. The van der Waals surface area contributed by atoms with Crippen LogP contribution < -0.4 is 0 Å². The molecule has 5 nitrogen and oxygen atoms in total. The number of carboxylic acid groups (broad SMARTS) is 1. The summed E-state index contributed by atoms with van der Waals surface area (Å²) in [7, 11) is 0. The number of nitrogens with one attached hydrogen (secondary N) is 1. The van der Waals surface area contributed by atoms with E-state index in [2.05, 4.69) is 37.8 Å². The monoisotopic (exact) mass is 361 g/mol. The van der Waals surface area contributed by atoms with Gasteiger partial charge in [-0.25, -0.2) is 4.98 Å². The summed E-state index contributed by atoms with van der Waals surface area (Å²) < 4.78 is 1.07. The summed E-state index contributed by atoms with van der Waals surface area (Å²) in [5.74, 6) is -0.262. The molecule has 1 heterocycles. The molecule has 88 valence electrons. The molecule has 0 saturated carbocycles. The first-order valence-electron chi connectivity index (χ1n) is 4.68. The number of H-pyrrole nitrogens is 1. The first-order valence-corrected chi connectivity index (χ1v) is 6.75. The molecule has 0 fully saturated rings. The number of carboxylic acids is 1. The maximum absolute atomic E-state index is 10.4. The van der Waals surface area contributed by atoms with Crippen LogP contribution in [0.2, 0.25) is 0 Å². The number of thioether (sulfide) groups is 1. The molecule has 1 aromatic heterocycles. The van der Waals surface area contributed by atoms with Crippen molar-refractivity contribution in [1.29, 1.82) is 0 Å². The Morgan fingerprint density at radius 1 is 1.47 bits per heavy atom. The summed E-state index contributed by atoms with van der Waals surface area (Å²) in [6, 6.07) is 7.78. The van der Waals surface area contributed by atoms with Crippen molar-refractivity contribution in [2.45, 2.75) is 5.16 Å². The Labute approximate surface area is 115 Å². The van der Waals surface area contributed by atoms with Crippen molar-refractivity contribution in [3.8, 4) is 11.4 Å². The minimum atomic E-state index is -0.879. The van der Waals surface area contributed by atoms with Crippen LogP contribution in [0.15, 0.2) is 29.4 Å². The lowest BCUT2D eigenvalue weighted by Crippen LogP contribution is -1.97. The average molecular weight is 361 g/mol. The van der Waals surface area contributed by atoms with Crippen LogP contribution in [0.25, 0.3) is 11.4 Å². The summed E-state index contributed by atoms with van der Waals surface area (Å²) in [5, 5.41) is 15.8. The van der Waals surface area contributed by atoms with E-state index in [1.54, 1.807) is 0 Å². The lowest BCUT2D eigenvalue weighted by Gasteiger charge is -1.98. The molecule has 17 heavy (non-hydrogen) atoms. The Morgan fingerprint density at radius 3 is 2.94 bits per heavy atom. The van der Waals surface area contributed by atoms with E-state index in [1.165, 1.54) is 0 Å². The lowest BCUT2D eigenvalue weighted by molar-refractivity contribution is -0.133. The van der Waals surface area contributed by atoms with Crippen LogP contribution in [-0.4, -0.2) is 32.0 Å². The zero-order valence-corrected chi connectivity index (χ0v) is 11.5. The second-order valence-corrected chi connectivity index (χ2v) is 5.23. The number of carbonyl (C=O) groups is 1. The maximum atomic E-state index is 10.4. The third-order valence-corrected chi connectivity index (χ3v) is 3.69. The van der Waals surface area contributed by atoms with E-state index >= 15 is 0 Å². The maximum Gasteiger partial charge on any atom is 0.313 e. The molecule has 0 aliphatic rings. The van der Waals surface area contributed by atoms with Gasteiger partial charge in [-0.2, -0.15) is 0 Å². The third-order valence-electron chi connectivity index (χ3n) is 1.92. The second-order valence-electron chi connectivity index (χ2n) is 3.13. The number of benzene rings is 1. The zero-order chi connectivity index (χ0) is 12.3. The molecule has 0 aliphatic heterocycles. The highest BCUT2D eigenvalue weighted by molar-refractivity contribution is 14.1. The summed E-state index contributed by atoms with van der Waals surface area (Å²) in [5.41, 5.74) is 0.961. The molecule has 2 aromatic rings. The van der Waals surface area contributed by atoms with Crippen molar-refractivity contribution in [3.63, 3.8) is 0 Å². The van der Waals surface area contributed by atoms with Crippen LogP contribution in [0.5, 0.6) is 0 Å². The van der Waals surface area contributed by atoms with E-state index in [4.69, 9.17) is 5.11 Å². The van der Waals surface area contributed by atoms with E-state index < -0.39 is 5.97 Å². The first kappa shape index (κ1) is 12.4. The van der Waals surface area contributed by atoms with Gasteiger partial charge in [0.25, 0.3) is 0 Å². The van der Waals surface area contributed by atoms with Crippen molar-refractivity contribution >= 4 is 40.3 Å². The Bertz CT molecular complexity index is 544. The van der Waals surface area contributed by atoms with Crippen LogP contribution in [0.4, 0.5) is 0 Å². The van der Waals surface area contributed by atoms with E-state index in [0.717, 1.165) is 20.9 Å². The van der Waals surface area contributed by atoms with Gasteiger partial charge in [0, 0.05) is 9.13 Å². The number of nitrogens with zero attached hydrogens (tertiary/aromatic N) is 2. The molecule has 2 rings (SSSR count). The fourth-order valence-corrected chi connectivity index (χ4v) is 2.37. The summed E-state index contributed by atoms with van der Waals surface area (Å²) in [4.78, 5) is 14.7. The average Bonchev–Trinajstić information content (AvgIpc) is 2.75. The number of aromatic nitrogens is 3. The Hall–Kier alpha value is -1.09. The Balaban J connectivity index is 2.18. The van der Waals surface area contributed by atoms with Gasteiger partial charge >= 0.3 is 5.97 Å². The van der Waals surface area contributed by atoms with Gasteiger partial charge in [-0.05, 0) is 28.7 Å². The molecule has 0 bridgehead atoms. The van der Waals surface area contributed by atoms with Crippen LogP contribution in [-0.2, 0) is 4.79 Å². The molecule has 0 amide bonds. The zero-order valence-electron chi connectivity index (χ0n) is 8.55. The van der Waals surface area contributed by atoms with Crippen LogP contribution >= 0.6 is 34.4 Å². The molecular weight excluding hydrogens is 353 g/mol. The molecule has 0 atom stereocenters. The van der Waals surface area contributed by atoms with E-state index in [-0.39, 0.29) is 5.75 Å². The predicted molar refractivity (Wildman–Crippen MR) is 72.9 cm³/mol. The fourth-order valence-electron chi connectivity index (χ4n) is 1.21. The third kappa shape index (κ3) is 3.19. The lowest BCUT2D eigenvalue weighted by atomic mass is 10.2. The SMILES string of the molecule is O=C(O)CSc1n[nH]c(-c2ccccc2I)n1. The Morgan fingerprint density at radius 2 is 2.24 bits per heavy atom. The fraction of sp³-hybridized carbons (Fsp3) is 0.100. The summed E-state index contributed by atoms with van der Waals surface area (Å²) in [6.45, 7) is 0. The molecule has 0 unspecified atom stereocenters. The molecule has 1 aromatic carbocycles. The number of aromatic amines is 1. The molecule has 7 heteroatoms. The van der Waals surface area contributed by atoms with Crippen LogP contribution in [0, 0.1) is 3.57 Å². The van der Waals surface area contributed by atoms with Gasteiger partial charge in [-0.3, -0.25) is 9.89 Å². The van der Waals surface area contributed by atoms with Gasteiger partial charge < -0.3 is 5.11 Å². The second kappa shape index (κ2) is 5.50. The van der Waals surface area contributed by atoms with Crippen molar-refractivity contribution < 1.29 is 9.90 Å². The molecule has 0 radical (unpaired) electrons. The molecule has 2 N–H and O–H groups in total. The minimum absolute atomic E-state index is 0.0385. The number of aliphatic carboxylic acids is 1.